The van der Waals surface area contributed by atoms with E-state index < -0.39 is 0 Å². The second-order valence-corrected chi connectivity index (χ2v) is 6.76. The molecule has 0 bridgehead atoms. The van der Waals surface area contributed by atoms with E-state index >= 15 is 0 Å². The molecule has 0 aliphatic heterocycles. The van der Waals surface area contributed by atoms with Crippen LogP contribution in [0.1, 0.15) is 20.8 Å². The molecule has 0 aliphatic carbocycles. The van der Waals surface area contributed by atoms with Crippen molar-refractivity contribution in [3.05, 3.63) is 17.8 Å². The summed E-state index contributed by atoms with van der Waals surface area (Å²) in [4.78, 5) is 21.1. The van der Waals surface area contributed by atoms with Crippen molar-refractivity contribution in [3.8, 4) is 0 Å². The van der Waals surface area contributed by atoms with Crippen molar-refractivity contribution >= 4 is 39.2 Å². The molecule has 1 N–H and O–H groups in total. The Morgan fingerprint density at radius 2 is 2.22 bits per heavy atom. The summed E-state index contributed by atoms with van der Waals surface area (Å²) in [6, 6.07) is 1.99. The predicted octanol–water partition coefficient (Wildman–Crippen LogP) is 2.70. The predicted molar refractivity (Wildman–Crippen MR) is 76.0 cm³/mol. The molecule has 96 valence electrons. The van der Waals surface area contributed by atoms with Gasteiger partial charge in [0.15, 0.2) is 0 Å². The van der Waals surface area contributed by atoms with Gasteiger partial charge >= 0.3 is 0 Å². The Hall–Kier alpha value is -1.14. The second kappa shape index (κ2) is 5.24. The van der Waals surface area contributed by atoms with E-state index in [-0.39, 0.29) is 11.4 Å². The zero-order valence-electron chi connectivity index (χ0n) is 10.6. The van der Waals surface area contributed by atoms with Gasteiger partial charge in [0, 0.05) is 10.9 Å². The highest BCUT2D eigenvalue weighted by Gasteiger charge is 2.14. The molecule has 2 aromatic rings. The van der Waals surface area contributed by atoms with E-state index in [0.717, 1.165) is 15.2 Å². The van der Waals surface area contributed by atoms with Crippen molar-refractivity contribution in [2.75, 3.05) is 5.75 Å². The maximum Gasteiger partial charge on any atom is 0.230 e. The van der Waals surface area contributed by atoms with Crippen molar-refractivity contribution in [2.45, 2.75) is 31.3 Å². The molecule has 0 fully saturated rings. The van der Waals surface area contributed by atoms with E-state index in [2.05, 4.69) is 15.3 Å². The molecule has 0 saturated carbocycles. The van der Waals surface area contributed by atoms with E-state index in [0.29, 0.717) is 5.75 Å². The lowest BCUT2D eigenvalue weighted by molar-refractivity contribution is -0.119. The minimum absolute atomic E-state index is 0.0227. The van der Waals surface area contributed by atoms with Gasteiger partial charge in [-0.25, -0.2) is 9.97 Å². The van der Waals surface area contributed by atoms with Gasteiger partial charge in [-0.15, -0.1) is 11.3 Å². The fourth-order valence-corrected chi connectivity index (χ4v) is 3.05. The van der Waals surface area contributed by atoms with Crippen LogP contribution in [-0.2, 0) is 4.79 Å². The Bertz CT molecular complexity index is 560. The number of thiophene rings is 1. The van der Waals surface area contributed by atoms with Crippen molar-refractivity contribution in [3.63, 3.8) is 0 Å². The molecule has 0 spiro atoms. The summed E-state index contributed by atoms with van der Waals surface area (Å²) in [5.74, 6) is 0.397. The molecule has 0 atom stereocenters. The molecule has 18 heavy (non-hydrogen) atoms. The summed E-state index contributed by atoms with van der Waals surface area (Å²) < 4.78 is 0. The van der Waals surface area contributed by atoms with Gasteiger partial charge < -0.3 is 5.32 Å². The third-order valence-corrected chi connectivity index (χ3v) is 3.91. The lowest BCUT2D eigenvalue weighted by Gasteiger charge is -2.20. The Morgan fingerprint density at radius 3 is 2.94 bits per heavy atom. The van der Waals surface area contributed by atoms with E-state index in [4.69, 9.17) is 0 Å². The molecule has 0 unspecified atom stereocenters. The minimum atomic E-state index is -0.193. The van der Waals surface area contributed by atoms with Crippen LogP contribution >= 0.6 is 23.1 Å². The lowest BCUT2D eigenvalue weighted by Crippen LogP contribution is -2.41. The molecule has 0 aliphatic rings. The molecule has 2 aromatic heterocycles. The summed E-state index contributed by atoms with van der Waals surface area (Å²) >= 11 is 3.03. The number of thioether (sulfide) groups is 1. The lowest BCUT2D eigenvalue weighted by atomic mass is 10.1. The van der Waals surface area contributed by atoms with Crippen molar-refractivity contribution in [2.24, 2.45) is 0 Å². The summed E-state index contributed by atoms with van der Waals surface area (Å²) in [5, 5.41) is 6.81. The van der Waals surface area contributed by atoms with Crippen LogP contribution in [-0.4, -0.2) is 27.2 Å². The number of amides is 1. The number of hydrogen-bond donors (Lipinski definition) is 1. The van der Waals surface area contributed by atoms with Gasteiger partial charge in [0.1, 0.15) is 16.2 Å². The molecule has 2 rings (SSSR count). The first-order valence-corrected chi connectivity index (χ1v) is 7.44. The number of carbonyl (C=O) groups excluding carboxylic acids is 1. The first kappa shape index (κ1) is 13.3. The number of carbonyl (C=O) groups is 1. The molecule has 4 nitrogen and oxygen atoms in total. The third-order valence-electron chi connectivity index (χ3n) is 2.08. The Labute approximate surface area is 114 Å². The largest absolute Gasteiger partial charge is 0.351 e. The molecular weight excluding hydrogens is 266 g/mol. The van der Waals surface area contributed by atoms with Crippen molar-refractivity contribution < 1.29 is 4.79 Å². The summed E-state index contributed by atoms with van der Waals surface area (Å²) in [5.41, 5.74) is -0.193. The Kier molecular flexibility index (Phi) is 3.87. The maximum atomic E-state index is 11.7. The van der Waals surface area contributed by atoms with Crippen LogP contribution in [0.15, 0.2) is 22.8 Å². The van der Waals surface area contributed by atoms with E-state index in [1.807, 2.05) is 32.2 Å². The molecule has 1 amide bonds. The quantitative estimate of drug-likeness (QED) is 0.694. The van der Waals surface area contributed by atoms with Crippen molar-refractivity contribution in [1.82, 2.24) is 15.3 Å². The van der Waals surface area contributed by atoms with Crippen LogP contribution in [0.2, 0.25) is 0 Å². The van der Waals surface area contributed by atoms with Gasteiger partial charge in [0.25, 0.3) is 0 Å². The number of nitrogens with zero attached hydrogens (tertiary/aromatic N) is 2. The number of hydrogen-bond acceptors (Lipinski definition) is 5. The highest BCUT2D eigenvalue weighted by atomic mass is 32.2. The molecule has 6 heteroatoms. The summed E-state index contributed by atoms with van der Waals surface area (Å²) in [6.45, 7) is 5.91. The van der Waals surface area contributed by atoms with Gasteiger partial charge in [-0.1, -0.05) is 11.8 Å². The molecular formula is C12H15N3OS2. The average molecular weight is 281 g/mol. The van der Waals surface area contributed by atoms with Gasteiger partial charge in [0.2, 0.25) is 5.91 Å². The highest BCUT2D eigenvalue weighted by Crippen LogP contribution is 2.27. The number of nitrogens with one attached hydrogen (secondary N) is 1. The highest BCUT2D eigenvalue weighted by molar-refractivity contribution is 8.00. The zero-order valence-corrected chi connectivity index (χ0v) is 12.2. The van der Waals surface area contributed by atoms with Crippen LogP contribution in [0.5, 0.6) is 0 Å². The average Bonchev–Trinajstić information content (AvgIpc) is 2.72. The first-order valence-electron chi connectivity index (χ1n) is 5.58. The molecule has 2 heterocycles. The number of aromatic nitrogens is 2. The van der Waals surface area contributed by atoms with Crippen LogP contribution in [0.4, 0.5) is 0 Å². The number of fused-ring (bicyclic) bond motifs is 1. The molecule has 0 radical (unpaired) electrons. The van der Waals surface area contributed by atoms with Gasteiger partial charge in [-0.2, -0.15) is 0 Å². The SMILES string of the molecule is CC(C)(C)NC(=O)CSc1ncnc2sccc12. The monoisotopic (exact) mass is 281 g/mol. The van der Waals surface area contributed by atoms with Crippen LogP contribution < -0.4 is 5.32 Å². The van der Waals surface area contributed by atoms with E-state index in [1.165, 1.54) is 11.8 Å². The normalized spacial score (nSPS) is 11.7. The molecule has 0 aromatic carbocycles. The third kappa shape index (κ3) is 3.43. The minimum Gasteiger partial charge on any atom is -0.351 e. The zero-order chi connectivity index (χ0) is 13.2. The summed E-state index contributed by atoms with van der Waals surface area (Å²) in [7, 11) is 0. The molecule has 0 saturated heterocycles. The fraction of sp³-hybridized carbons (Fsp3) is 0.417. The van der Waals surface area contributed by atoms with E-state index in [1.54, 1.807) is 17.7 Å². The van der Waals surface area contributed by atoms with Crippen LogP contribution in [0.3, 0.4) is 0 Å². The van der Waals surface area contributed by atoms with Crippen molar-refractivity contribution in [1.29, 1.82) is 0 Å². The van der Waals surface area contributed by atoms with Gasteiger partial charge in [0.05, 0.1) is 5.75 Å². The fourth-order valence-electron chi connectivity index (χ4n) is 1.47. The maximum absolute atomic E-state index is 11.7. The topological polar surface area (TPSA) is 54.9 Å². The Balaban J connectivity index is 2.02. The van der Waals surface area contributed by atoms with E-state index in [9.17, 15) is 4.79 Å². The van der Waals surface area contributed by atoms with Crippen LogP contribution in [0, 0.1) is 0 Å². The smallest absolute Gasteiger partial charge is 0.230 e. The Morgan fingerprint density at radius 1 is 1.44 bits per heavy atom. The number of rotatable bonds is 3. The standard InChI is InChI=1S/C12H15N3OS2/c1-12(2,3)15-9(16)6-18-11-8-4-5-17-10(8)13-7-14-11/h4-5,7H,6H2,1-3H3,(H,15,16). The van der Waals surface area contributed by atoms with Gasteiger partial charge in [-0.3, -0.25) is 4.79 Å². The first-order chi connectivity index (χ1) is 8.46. The summed E-state index contributed by atoms with van der Waals surface area (Å²) in [6.07, 6.45) is 1.54. The van der Waals surface area contributed by atoms with Gasteiger partial charge in [-0.05, 0) is 32.2 Å². The van der Waals surface area contributed by atoms with Crippen LogP contribution in [0.25, 0.3) is 10.2 Å². The second-order valence-electron chi connectivity index (χ2n) is 4.91.